The number of nitrogens with zero attached hydrogens (tertiary/aromatic N) is 4. The van der Waals surface area contributed by atoms with E-state index >= 15 is 0 Å². The Balaban J connectivity index is 1.62. The maximum Gasteiger partial charge on any atom is 0.248 e. The summed E-state index contributed by atoms with van der Waals surface area (Å²) in [6.45, 7) is 10.1. The second kappa shape index (κ2) is 7.51. The number of guanidine groups is 1. The maximum absolute atomic E-state index is 5.49. The summed E-state index contributed by atoms with van der Waals surface area (Å²) in [7, 11) is 0. The van der Waals surface area contributed by atoms with Crippen LogP contribution in [0.1, 0.15) is 64.3 Å². The van der Waals surface area contributed by atoms with Crippen LogP contribution < -0.4 is 5.32 Å². The fourth-order valence-corrected chi connectivity index (χ4v) is 3.59. The molecule has 0 amide bonds. The van der Waals surface area contributed by atoms with Crippen LogP contribution in [0.25, 0.3) is 0 Å². The van der Waals surface area contributed by atoms with Crippen LogP contribution in [0.15, 0.2) is 9.52 Å². The van der Waals surface area contributed by atoms with E-state index in [4.69, 9.17) is 14.3 Å². The number of hydrogen-bond donors (Lipinski definition) is 1. The summed E-state index contributed by atoms with van der Waals surface area (Å²) in [6.07, 6.45) is 5.25. The molecule has 1 aromatic heterocycles. The molecule has 0 aromatic carbocycles. The van der Waals surface area contributed by atoms with E-state index in [1.54, 1.807) is 0 Å². The van der Waals surface area contributed by atoms with Crippen molar-refractivity contribution in [3.8, 4) is 0 Å². The van der Waals surface area contributed by atoms with E-state index in [0.717, 1.165) is 25.6 Å². The highest BCUT2D eigenvalue weighted by Crippen LogP contribution is 2.47. The zero-order valence-corrected chi connectivity index (χ0v) is 15.0. The molecular formula is C17H29N5O2. The summed E-state index contributed by atoms with van der Waals surface area (Å²) in [4.78, 5) is 11.5. The molecule has 0 bridgehead atoms. The van der Waals surface area contributed by atoms with Crippen molar-refractivity contribution in [2.24, 2.45) is 10.4 Å². The second-order valence-electron chi connectivity index (χ2n) is 6.84. The first-order valence-corrected chi connectivity index (χ1v) is 9.13. The third-order valence-electron chi connectivity index (χ3n) is 5.12. The van der Waals surface area contributed by atoms with E-state index in [9.17, 15) is 0 Å². The van der Waals surface area contributed by atoms with Crippen molar-refractivity contribution in [2.75, 3.05) is 26.2 Å². The molecule has 1 unspecified atom stereocenters. The van der Waals surface area contributed by atoms with Crippen molar-refractivity contribution in [1.82, 2.24) is 20.4 Å². The van der Waals surface area contributed by atoms with Gasteiger partial charge >= 0.3 is 0 Å². The molecule has 1 spiro atoms. The molecule has 1 N–H and O–H groups in total. The van der Waals surface area contributed by atoms with Crippen molar-refractivity contribution >= 4 is 5.96 Å². The molecule has 1 saturated carbocycles. The van der Waals surface area contributed by atoms with Crippen LogP contribution >= 0.6 is 0 Å². The molecule has 1 aromatic rings. The van der Waals surface area contributed by atoms with E-state index in [1.807, 2.05) is 13.8 Å². The lowest BCUT2D eigenvalue weighted by Crippen LogP contribution is -2.42. The quantitative estimate of drug-likeness (QED) is 0.636. The Morgan fingerprint density at radius 1 is 1.42 bits per heavy atom. The van der Waals surface area contributed by atoms with Crippen molar-refractivity contribution in [3.63, 3.8) is 0 Å². The SMILES string of the molecule is CCNC(=NCc1nc(C(C)OCC)no1)N1CCC2(CCC2)C1. The average Bonchev–Trinajstić information content (AvgIpc) is 3.18. The van der Waals surface area contributed by atoms with Gasteiger partial charge in [-0.15, -0.1) is 0 Å². The Morgan fingerprint density at radius 2 is 2.25 bits per heavy atom. The van der Waals surface area contributed by atoms with Crippen molar-refractivity contribution < 1.29 is 9.26 Å². The molecule has 134 valence electrons. The van der Waals surface area contributed by atoms with Crippen LogP contribution in [-0.2, 0) is 11.3 Å². The monoisotopic (exact) mass is 335 g/mol. The number of ether oxygens (including phenoxy) is 1. The average molecular weight is 335 g/mol. The molecule has 1 atom stereocenters. The van der Waals surface area contributed by atoms with Crippen LogP contribution in [0.5, 0.6) is 0 Å². The largest absolute Gasteiger partial charge is 0.371 e. The minimum absolute atomic E-state index is 0.151. The number of aliphatic imine (C=N–C) groups is 1. The number of nitrogens with one attached hydrogen (secondary N) is 1. The summed E-state index contributed by atoms with van der Waals surface area (Å²) in [5.41, 5.74) is 0.556. The van der Waals surface area contributed by atoms with Crippen LogP contribution in [0, 0.1) is 5.41 Å². The third-order valence-corrected chi connectivity index (χ3v) is 5.12. The zero-order valence-electron chi connectivity index (χ0n) is 15.0. The van der Waals surface area contributed by atoms with Gasteiger partial charge in [-0.05, 0) is 45.4 Å². The lowest BCUT2D eigenvalue weighted by molar-refractivity contribution is 0.0683. The van der Waals surface area contributed by atoms with Gasteiger partial charge in [-0.25, -0.2) is 4.99 Å². The van der Waals surface area contributed by atoms with E-state index in [-0.39, 0.29) is 6.10 Å². The number of rotatable bonds is 6. The molecule has 2 aliphatic rings. The summed E-state index contributed by atoms with van der Waals surface area (Å²) in [5, 5.41) is 7.38. The highest BCUT2D eigenvalue weighted by atomic mass is 16.5. The van der Waals surface area contributed by atoms with Crippen LogP contribution in [0.3, 0.4) is 0 Å². The van der Waals surface area contributed by atoms with Crippen molar-refractivity contribution in [1.29, 1.82) is 0 Å². The van der Waals surface area contributed by atoms with Gasteiger partial charge in [0, 0.05) is 26.2 Å². The predicted molar refractivity (Wildman–Crippen MR) is 91.6 cm³/mol. The molecule has 2 heterocycles. The molecule has 1 aliphatic heterocycles. The number of aromatic nitrogens is 2. The maximum atomic E-state index is 5.49. The van der Waals surface area contributed by atoms with E-state index in [1.165, 1.54) is 25.7 Å². The molecule has 1 aliphatic carbocycles. The molecule has 1 saturated heterocycles. The van der Waals surface area contributed by atoms with E-state index in [2.05, 4.69) is 27.3 Å². The van der Waals surface area contributed by atoms with Gasteiger partial charge in [-0.1, -0.05) is 11.6 Å². The fraction of sp³-hybridized carbons (Fsp3) is 0.824. The minimum atomic E-state index is -0.151. The Bertz CT molecular complexity index is 567. The van der Waals surface area contributed by atoms with Crippen LogP contribution in [0.2, 0.25) is 0 Å². The first-order chi connectivity index (χ1) is 11.7. The van der Waals surface area contributed by atoms with E-state index < -0.39 is 0 Å². The Morgan fingerprint density at radius 3 is 2.88 bits per heavy atom. The smallest absolute Gasteiger partial charge is 0.248 e. The molecular weight excluding hydrogens is 306 g/mol. The Hall–Kier alpha value is -1.63. The Labute approximate surface area is 143 Å². The van der Waals surface area contributed by atoms with Gasteiger partial charge in [0.2, 0.25) is 5.89 Å². The van der Waals surface area contributed by atoms with Gasteiger partial charge in [0.25, 0.3) is 0 Å². The molecule has 24 heavy (non-hydrogen) atoms. The minimum Gasteiger partial charge on any atom is -0.371 e. The molecule has 0 radical (unpaired) electrons. The highest BCUT2D eigenvalue weighted by Gasteiger charge is 2.43. The third kappa shape index (κ3) is 3.71. The summed E-state index contributed by atoms with van der Waals surface area (Å²) >= 11 is 0. The normalized spacial score (nSPS) is 21.1. The molecule has 3 rings (SSSR count). The van der Waals surface area contributed by atoms with Gasteiger partial charge < -0.3 is 19.5 Å². The van der Waals surface area contributed by atoms with Crippen LogP contribution in [-0.4, -0.2) is 47.2 Å². The van der Waals surface area contributed by atoms with Crippen molar-refractivity contribution in [3.05, 3.63) is 11.7 Å². The van der Waals surface area contributed by atoms with E-state index in [0.29, 0.717) is 30.3 Å². The first-order valence-electron chi connectivity index (χ1n) is 9.13. The predicted octanol–water partition coefficient (Wildman–Crippen LogP) is 2.51. The second-order valence-corrected chi connectivity index (χ2v) is 6.84. The fourth-order valence-electron chi connectivity index (χ4n) is 3.59. The van der Waals surface area contributed by atoms with Gasteiger partial charge in [-0.3, -0.25) is 0 Å². The van der Waals surface area contributed by atoms with Gasteiger partial charge in [0.15, 0.2) is 11.8 Å². The lowest BCUT2D eigenvalue weighted by atomic mass is 9.68. The molecule has 7 heteroatoms. The topological polar surface area (TPSA) is 75.8 Å². The Kier molecular flexibility index (Phi) is 5.38. The van der Waals surface area contributed by atoms with Crippen molar-refractivity contribution in [2.45, 2.75) is 59.1 Å². The van der Waals surface area contributed by atoms with Crippen LogP contribution in [0.4, 0.5) is 0 Å². The highest BCUT2D eigenvalue weighted by molar-refractivity contribution is 5.80. The zero-order chi connectivity index (χ0) is 17.0. The summed E-state index contributed by atoms with van der Waals surface area (Å²) in [5.74, 6) is 2.07. The van der Waals surface area contributed by atoms with Gasteiger partial charge in [0.05, 0.1) is 0 Å². The molecule has 7 nitrogen and oxygen atoms in total. The molecule has 2 fully saturated rings. The summed E-state index contributed by atoms with van der Waals surface area (Å²) < 4.78 is 10.8. The number of likely N-dealkylation sites (tertiary alicyclic amines) is 1. The summed E-state index contributed by atoms with van der Waals surface area (Å²) in [6, 6.07) is 0. The number of hydrogen-bond acceptors (Lipinski definition) is 5. The lowest BCUT2D eigenvalue weighted by Gasteiger charge is -2.38. The standard InChI is InChI=1S/C17H29N5O2/c1-4-18-16(22-10-9-17(12-22)7-6-8-17)19-11-14-20-15(21-24-14)13(3)23-5-2/h13H,4-12H2,1-3H3,(H,18,19). The first kappa shape index (κ1) is 17.2. The van der Waals surface area contributed by atoms with Gasteiger partial charge in [0.1, 0.15) is 12.6 Å². The van der Waals surface area contributed by atoms with Gasteiger partial charge in [-0.2, -0.15) is 4.98 Å².